The molecule has 110 valence electrons. The average Bonchev–Trinajstić information content (AvgIpc) is 2.95. The lowest BCUT2D eigenvalue weighted by Gasteiger charge is -2.24. The maximum absolute atomic E-state index is 12.5. The number of rotatable bonds is 5. The zero-order valence-electron chi connectivity index (χ0n) is 12.3. The van der Waals surface area contributed by atoms with Gasteiger partial charge in [0, 0.05) is 19.5 Å². The Kier molecular flexibility index (Phi) is 5.01. The van der Waals surface area contributed by atoms with E-state index in [0.29, 0.717) is 19.0 Å². The summed E-state index contributed by atoms with van der Waals surface area (Å²) < 4.78 is 5.14. The smallest absolute Gasteiger partial charge is 0.226 e. The lowest BCUT2D eigenvalue weighted by atomic mass is 9.95. The monoisotopic (exact) mass is 276 g/mol. The molecule has 0 radical (unpaired) electrons. The van der Waals surface area contributed by atoms with E-state index in [1.54, 1.807) is 7.11 Å². The standard InChI is InChI=1S/C16H24N2O2/c1-18(11-12-6-8-14(20-2)9-7-12)16(19)15-5-3-4-13(15)10-17/h6-9,13,15H,3-5,10-11,17H2,1-2H3/t13-,15-/m1/s1. The fraction of sp³-hybridized carbons (Fsp3) is 0.562. The van der Waals surface area contributed by atoms with Crippen LogP contribution < -0.4 is 10.5 Å². The number of amides is 1. The Balaban J connectivity index is 1.96. The Hall–Kier alpha value is -1.55. The SMILES string of the molecule is COc1ccc(CN(C)C(=O)[C@@H]2CCC[C@@H]2CN)cc1. The molecule has 1 saturated carbocycles. The molecule has 0 unspecified atom stereocenters. The van der Waals surface area contributed by atoms with Gasteiger partial charge in [0.05, 0.1) is 7.11 Å². The molecule has 0 spiro atoms. The van der Waals surface area contributed by atoms with Gasteiger partial charge in [0.2, 0.25) is 5.91 Å². The molecule has 0 aromatic heterocycles. The zero-order valence-corrected chi connectivity index (χ0v) is 12.3. The summed E-state index contributed by atoms with van der Waals surface area (Å²) in [5, 5.41) is 0. The fourth-order valence-corrected chi connectivity index (χ4v) is 3.01. The quantitative estimate of drug-likeness (QED) is 0.895. The molecule has 0 aliphatic heterocycles. The van der Waals surface area contributed by atoms with Crippen molar-refractivity contribution in [3.63, 3.8) is 0 Å². The van der Waals surface area contributed by atoms with E-state index in [-0.39, 0.29) is 11.8 Å². The topological polar surface area (TPSA) is 55.6 Å². The molecule has 1 fully saturated rings. The van der Waals surface area contributed by atoms with Gasteiger partial charge in [-0.25, -0.2) is 0 Å². The van der Waals surface area contributed by atoms with Crippen molar-refractivity contribution in [2.24, 2.45) is 17.6 Å². The van der Waals surface area contributed by atoms with Crippen molar-refractivity contribution in [2.75, 3.05) is 20.7 Å². The number of nitrogens with zero attached hydrogens (tertiary/aromatic N) is 1. The molecular formula is C16H24N2O2. The van der Waals surface area contributed by atoms with E-state index in [1.165, 1.54) is 0 Å². The third-order valence-electron chi connectivity index (χ3n) is 4.23. The van der Waals surface area contributed by atoms with Crippen LogP contribution in [0.4, 0.5) is 0 Å². The predicted molar refractivity (Wildman–Crippen MR) is 79.4 cm³/mol. The Morgan fingerprint density at radius 3 is 2.65 bits per heavy atom. The number of nitrogens with two attached hydrogens (primary N) is 1. The Labute approximate surface area is 120 Å². The molecule has 1 amide bonds. The number of methoxy groups -OCH3 is 1. The molecule has 2 atom stereocenters. The Morgan fingerprint density at radius 1 is 1.35 bits per heavy atom. The molecule has 0 heterocycles. The number of carbonyl (C=O) groups excluding carboxylic acids is 1. The minimum Gasteiger partial charge on any atom is -0.497 e. The highest BCUT2D eigenvalue weighted by Gasteiger charge is 2.33. The van der Waals surface area contributed by atoms with E-state index >= 15 is 0 Å². The third kappa shape index (κ3) is 3.31. The maximum Gasteiger partial charge on any atom is 0.226 e. The third-order valence-corrected chi connectivity index (χ3v) is 4.23. The molecule has 0 bridgehead atoms. The number of hydrogen-bond donors (Lipinski definition) is 1. The molecule has 4 heteroatoms. The predicted octanol–water partition coefficient (Wildman–Crippen LogP) is 2.03. The van der Waals surface area contributed by atoms with Gasteiger partial charge in [-0.2, -0.15) is 0 Å². The summed E-state index contributed by atoms with van der Waals surface area (Å²) in [6.45, 7) is 1.25. The number of ether oxygens (including phenoxy) is 1. The minimum atomic E-state index is 0.114. The van der Waals surface area contributed by atoms with E-state index in [0.717, 1.165) is 30.6 Å². The van der Waals surface area contributed by atoms with Crippen LogP contribution in [0.1, 0.15) is 24.8 Å². The van der Waals surface area contributed by atoms with Gasteiger partial charge in [0.15, 0.2) is 0 Å². The molecule has 1 aromatic rings. The van der Waals surface area contributed by atoms with Crippen molar-refractivity contribution >= 4 is 5.91 Å². The van der Waals surface area contributed by atoms with Gasteiger partial charge in [-0.1, -0.05) is 18.6 Å². The second kappa shape index (κ2) is 6.75. The first-order valence-electron chi connectivity index (χ1n) is 7.23. The average molecular weight is 276 g/mol. The first-order valence-corrected chi connectivity index (χ1v) is 7.23. The highest BCUT2D eigenvalue weighted by Crippen LogP contribution is 2.32. The van der Waals surface area contributed by atoms with Crippen molar-refractivity contribution in [3.8, 4) is 5.75 Å². The van der Waals surface area contributed by atoms with Crippen LogP contribution in [0.2, 0.25) is 0 Å². The van der Waals surface area contributed by atoms with E-state index in [1.807, 2.05) is 36.2 Å². The molecule has 0 saturated heterocycles. The van der Waals surface area contributed by atoms with Crippen LogP contribution in [0.25, 0.3) is 0 Å². The number of benzene rings is 1. The normalized spacial score (nSPS) is 21.8. The maximum atomic E-state index is 12.5. The highest BCUT2D eigenvalue weighted by atomic mass is 16.5. The van der Waals surface area contributed by atoms with Crippen molar-refractivity contribution in [1.82, 2.24) is 4.90 Å². The molecule has 1 aliphatic rings. The van der Waals surface area contributed by atoms with Gasteiger partial charge in [-0.3, -0.25) is 4.79 Å². The van der Waals surface area contributed by atoms with Gasteiger partial charge >= 0.3 is 0 Å². The molecule has 2 rings (SSSR count). The van der Waals surface area contributed by atoms with E-state index in [2.05, 4.69) is 0 Å². The van der Waals surface area contributed by atoms with Crippen LogP contribution in [-0.2, 0) is 11.3 Å². The fourth-order valence-electron chi connectivity index (χ4n) is 3.01. The molecule has 1 aromatic carbocycles. The van der Waals surface area contributed by atoms with Crippen molar-refractivity contribution in [3.05, 3.63) is 29.8 Å². The Bertz CT molecular complexity index is 444. The Morgan fingerprint density at radius 2 is 2.05 bits per heavy atom. The van der Waals surface area contributed by atoms with Crippen LogP contribution >= 0.6 is 0 Å². The molecule has 2 N–H and O–H groups in total. The molecular weight excluding hydrogens is 252 g/mol. The van der Waals surface area contributed by atoms with Crippen LogP contribution in [0, 0.1) is 11.8 Å². The van der Waals surface area contributed by atoms with Gasteiger partial charge in [0.1, 0.15) is 5.75 Å². The zero-order chi connectivity index (χ0) is 14.5. The van der Waals surface area contributed by atoms with Crippen LogP contribution in [0.5, 0.6) is 5.75 Å². The van der Waals surface area contributed by atoms with Crippen molar-refractivity contribution < 1.29 is 9.53 Å². The van der Waals surface area contributed by atoms with Gasteiger partial charge < -0.3 is 15.4 Å². The summed E-state index contributed by atoms with van der Waals surface area (Å²) in [7, 11) is 3.52. The second-order valence-corrected chi connectivity index (χ2v) is 5.58. The first kappa shape index (κ1) is 14.9. The summed E-state index contributed by atoms with van der Waals surface area (Å²) in [6.07, 6.45) is 3.19. The van der Waals surface area contributed by atoms with Crippen molar-refractivity contribution in [1.29, 1.82) is 0 Å². The number of carbonyl (C=O) groups is 1. The number of hydrogen-bond acceptors (Lipinski definition) is 3. The minimum absolute atomic E-state index is 0.114. The molecule has 4 nitrogen and oxygen atoms in total. The van der Waals surface area contributed by atoms with Gasteiger partial charge in [-0.05, 0) is 43.0 Å². The summed E-state index contributed by atoms with van der Waals surface area (Å²) in [5.41, 5.74) is 6.88. The molecule has 1 aliphatic carbocycles. The lowest BCUT2D eigenvalue weighted by Crippen LogP contribution is -2.36. The van der Waals surface area contributed by atoms with Crippen LogP contribution in [0.15, 0.2) is 24.3 Å². The largest absolute Gasteiger partial charge is 0.497 e. The molecule has 20 heavy (non-hydrogen) atoms. The summed E-state index contributed by atoms with van der Waals surface area (Å²) >= 11 is 0. The van der Waals surface area contributed by atoms with Crippen LogP contribution in [-0.4, -0.2) is 31.5 Å². The van der Waals surface area contributed by atoms with Crippen LogP contribution in [0.3, 0.4) is 0 Å². The lowest BCUT2D eigenvalue weighted by molar-refractivity contribution is -0.135. The summed E-state index contributed by atoms with van der Waals surface area (Å²) in [4.78, 5) is 14.3. The summed E-state index contributed by atoms with van der Waals surface area (Å²) in [5.74, 6) is 1.54. The van der Waals surface area contributed by atoms with E-state index < -0.39 is 0 Å². The van der Waals surface area contributed by atoms with E-state index in [9.17, 15) is 4.79 Å². The van der Waals surface area contributed by atoms with E-state index in [4.69, 9.17) is 10.5 Å². The van der Waals surface area contributed by atoms with Crippen molar-refractivity contribution in [2.45, 2.75) is 25.8 Å². The second-order valence-electron chi connectivity index (χ2n) is 5.58. The summed E-state index contributed by atoms with van der Waals surface area (Å²) in [6, 6.07) is 7.84. The van der Waals surface area contributed by atoms with Gasteiger partial charge in [-0.15, -0.1) is 0 Å². The first-order chi connectivity index (χ1) is 9.65. The van der Waals surface area contributed by atoms with Gasteiger partial charge in [0.25, 0.3) is 0 Å². The highest BCUT2D eigenvalue weighted by molar-refractivity contribution is 5.79.